The van der Waals surface area contributed by atoms with Gasteiger partial charge in [0.25, 0.3) is 0 Å². The Morgan fingerprint density at radius 1 is 1.09 bits per heavy atom. The molecule has 1 amide bonds. The zero-order chi connectivity index (χ0) is 16.1. The number of nitrogens with one attached hydrogen (secondary N) is 1. The molecule has 0 saturated heterocycles. The lowest BCUT2D eigenvalue weighted by Crippen LogP contribution is -2.15. The van der Waals surface area contributed by atoms with Crippen molar-refractivity contribution in [2.75, 3.05) is 5.32 Å². The van der Waals surface area contributed by atoms with Gasteiger partial charge < -0.3 is 5.32 Å². The molecule has 3 nitrogen and oxygen atoms in total. The molecule has 23 heavy (non-hydrogen) atoms. The van der Waals surface area contributed by atoms with E-state index in [0.717, 1.165) is 18.5 Å². The van der Waals surface area contributed by atoms with Crippen LogP contribution >= 0.6 is 0 Å². The molecule has 1 aliphatic carbocycles. The first-order valence-corrected chi connectivity index (χ1v) is 8.09. The molecule has 3 heteroatoms. The van der Waals surface area contributed by atoms with Crippen molar-refractivity contribution in [1.29, 1.82) is 5.26 Å². The number of nitrogens with zero attached hydrogens (tertiary/aromatic N) is 1. The van der Waals surface area contributed by atoms with E-state index in [0.29, 0.717) is 23.8 Å². The van der Waals surface area contributed by atoms with Crippen molar-refractivity contribution in [3.63, 3.8) is 0 Å². The largest absolute Gasteiger partial charge is 0.326 e. The van der Waals surface area contributed by atoms with Crippen LogP contribution in [0.4, 0.5) is 5.69 Å². The molecule has 2 aromatic carbocycles. The third-order valence-electron chi connectivity index (χ3n) is 4.58. The predicted molar refractivity (Wildman–Crippen MR) is 90.9 cm³/mol. The van der Waals surface area contributed by atoms with Crippen molar-refractivity contribution in [2.24, 2.45) is 5.92 Å². The van der Waals surface area contributed by atoms with Crippen LogP contribution < -0.4 is 5.32 Å². The maximum atomic E-state index is 12.2. The third-order valence-corrected chi connectivity index (χ3v) is 4.58. The molecule has 0 aliphatic heterocycles. The molecule has 0 bridgehead atoms. The van der Waals surface area contributed by atoms with Crippen LogP contribution in [0.15, 0.2) is 54.6 Å². The summed E-state index contributed by atoms with van der Waals surface area (Å²) in [5.41, 5.74) is 2.75. The van der Waals surface area contributed by atoms with Crippen LogP contribution in [-0.4, -0.2) is 5.91 Å². The van der Waals surface area contributed by atoms with Crippen LogP contribution in [-0.2, 0) is 4.79 Å². The number of carbonyl (C=O) groups excluding carboxylic acids is 1. The molecule has 2 aromatic rings. The Balaban J connectivity index is 1.51. The third kappa shape index (κ3) is 3.98. The second-order valence-corrected chi connectivity index (χ2v) is 6.23. The zero-order valence-electron chi connectivity index (χ0n) is 13.0. The molecule has 1 saturated carbocycles. The summed E-state index contributed by atoms with van der Waals surface area (Å²) in [6, 6.07) is 19.6. The van der Waals surface area contributed by atoms with Gasteiger partial charge in [0, 0.05) is 12.1 Å². The highest BCUT2D eigenvalue weighted by atomic mass is 16.1. The summed E-state index contributed by atoms with van der Waals surface area (Å²) >= 11 is 0. The van der Waals surface area contributed by atoms with E-state index in [1.807, 2.05) is 6.07 Å². The van der Waals surface area contributed by atoms with Crippen molar-refractivity contribution in [1.82, 2.24) is 0 Å². The van der Waals surface area contributed by atoms with Crippen LogP contribution in [0.5, 0.6) is 0 Å². The molecule has 3 rings (SSSR count). The van der Waals surface area contributed by atoms with E-state index in [1.54, 1.807) is 24.3 Å². The maximum absolute atomic E-state index is 12.2. The first-order valence-electron chi connectivity index (χ1n) is 8.09. The van der Waals surface area contributed by atoms with Gasteiger partial charge in [0.2, 0.25) is 5.91 Å². The van der Waals surface area contributed by atoms with E-state index in [1.165, 1.54) is 12.0 Å². The van der Waals surface area contributed by atoms with Crippen molar-refractivity contribution in [2.45, 2.75) is 31.6 Å². The minimum absolute atomic E-state index is 0.0634. The Labute approximate surface area is 137 Å². The number of rotatable bonds is 4. The fourth-order valence-electron chi connectivity index (χ4n) is 3.39. The smallest absolute Gasteiger partial charge is 0.224 e. The molecule has 116 valence electrons. The highest BCUT2D eigenvalue weighted by molar-refractivity contribution is 5.90. The lowest BCUT2D eigenvalue weighted by atomic mass is 9.95. The Kier molecular flexibility index (Phi) is 4.73. The van der Waals surface area contributed by atoms with Crippen LogP contribution in [0, 0.1) is 17.2 Å². The summed E-state index contributed by atoms with van der Waals surface area (Å²) in [6.45, 7) is 0. The molecule has 0 heterocycles. The molecule has 0 spiro atoms. The van der Waals surface area contributed by atoms with E-state index in [2.05, 4.69) is 35.7 Å². The molecule has 1 fully saturated rings. The molecular formula is C20H20N2O. The Hall–Kier alpha value is -2.60. The van der Waals surface area contributed by atoms with E-state index in [9.17, 15) is 4.79 Å². The molecule has 0 unspecified atom stereocenters. The lowest BCUT2D eigenvalue weighted by molar-refractivity contribution is -0.117. The fraction of sp³-hybridized carbons (Fsp3) is 0.300. The van der Waals surface area contributed by atoms with E-state index < -0.39 is 0 Å². The van der Waals surface area contributed by atoms with Gasteiger partial charge in [0.05, 0.1) is 11.6 Å². The van der Waals surface area contributed by atoms with Crippen LogP contribution in [0.25, 0.3) is 0 Å². The first-order chi connectivity index (χ1) is 11.2. The average Bonchev–Trinajstić information content (AvgIpc) is 3.04. The van der Waals surface area contributed by atoms with E-state index >= 15 is 0 Å². The van der Waals surface area contributed by atoms with Gasteiger partial charge >= 0.3 is 0 Å². The van der Waals surface area contributed by atoms with Gasteiger partial charge in [-0.1, -0.05) is 30.3 Å². The van der Waals surface area contributed by atoms with Gasteiger partial charge in [-0.3, -0.25) is 4.79 Å². The number of amides is 1. The second kappa shape index (κ2) is 7.11. The second-order valence-electron chi connectivity index (χ2n) is 6.23. The normalized spacial score (nSPS) is 20.0. The summed E-state index contributed by atoms with van der Waals surface area (Å²) in [5.74, 6) is 1.11. The molecule has 1 aliphatic rings. The summed E-state index contributed by atoms with van der Waals surface area (Å²) in [7, 11) is 0. The monoisotopic (exact) mass is 304 g/mol. The highest BCUT2D eigenvalue weighted by Crippen LogP contribution is 2.39. The van der Waals surface area contributed by atoms with Crippen LogP contribution in [0.1, 0.15) is 42.7 Å². The summed E-state index contributed by atoms with van der Waals surface area (Å²) in [6.07, 6.45) is 3.94. The Bertz CT molecular complexity index is 701. The van der Waals surface area contributed by atoms with Crippen molar-refractivity contribution in [3.05, 3.63) is 65.7 Å². The number of hydrogen-bond donors (Lipinski definition) is 1. The van der Waals surface area contributed by atoms with Crippen molar-refractivity contribution < 1.29 is 4.79 Å². The van der Waals surface area contributed by atoms with Gasteiger partial charge in [0.15, 0.2) is 0 Å². The summed E-state index contributed by atoms with van der Waals surface area (Å²) in [4.78, 5) is 12.2. The summed E-state index contributed by atoms with van der Waals surface area (Å²) in [5, 5.41) is 11.7. The topological polar surface area (TPSA) is 52.9 Å². The minimum atomic E-state index is 0.0634. The SMILES string of the molecule is N#Cc1ccc(NC(=O)C[C@H]2CC[C@H](c3ccccc3)C2)cc1. The van der Waals surface area contributed by atoms with E-state index in [4.69, 9.17) is 5.26 Å². The van der Waals surface area contributed by atoms with E-state index in [-0.39, 0.29) is 5.91 Å². The number of anilines is 1. The van der Waals surface area contributed by atoms with Gasteiger partial charge in [-0.15, -0.1) is 0 Å². The minimum Gasteiger partial charge on any atom is -0.326 e. The molecule has 2 atom stereocenters. The maximum Gasteiger partial charge on any atom is 0.224 e. The quantitative estimate of drug-likeness (QED) is 0.906. The average molecular weight is 304 g/mol. The number of nitriles is 1. The summed E-state index contributed by atoms with van der Waals surface area (Å²) < 4.78 is 0. The Morgan fingerprint density at radius 3 is 2.52 bits per heavy atom. The molecule has 0 aromatic heterocycles. The highest BCUT2D eigenvalue weighted by Gasteiger charge is 2.27. The number of benzene rings is 2. The molecule has 0 radical (unpaired) electrons. The van der Waals surface area contributed by atoms with Gasteiger partial charge in [-0.05, 0) is 60.9 Å². The van der Waals surface area contributed by atoms with Gasteiger partial charge in [-0.2, -0.15) is 5.26 Å². The van der Waals surface area contributed by atoms with Crippen LogP contribution in [0.3, 0.4) is 0 Å². The van der Waals surface area contributed by atoms with Crippen molar-refractivity contribution in [3.8, 4) is 6.07 Å². The predicted octanol–water partition coefficient (Wildman–Crippen LogP) is 4.47. The van der Waals surface area contributed by atoms with Gasteiger partial charge in [0.1, 0.15) is 0 Å². The molecule has 1 N–H and O–H groups in total. The van der Waals surface area contributed by atoms with Crippen molar-refractivity contribution >= 4 is 11.6 Å². The lowest BCUT2D eigenvalue weighted by Gasteiger charge is -2.12. The Morgan fingerprint density at radius 2 is 1.83 bits per heavy atom. The number of carbonyl (C=O) groups is 1. The molecular weight excluding hydrogens is 284 g/mol. The van der Waals surface area contributed by atoms with Crippen LogP contribution in [0.2, 0.25) is 0 Å². The fourth-order valence-corrected chi connectivity index (χ4v) is 3.39. The first kappa shape index (κ1) is 15.3. The van der Waals surface area contributed by atoms with Gasteiger partial charge in [-0.25, -0.2) is 0 Å². The zero-order valence-corrected chi connectivity index (χ0v) is 13.0. The number of hydrogen-bond acceptors (Lipinski definition) is 2. The standard InChI is InChI=1S/C20H20N2O/c21-14-15-7-10-19(11-8-15)22-20(23)13-16-6-9-18(12-16)17-4-2-1-3-5-17/h1-5,7-8,10-11,16,18H,6,9,12-13H2,(H,22,23)/t16-,18-/m0/s1.